The van der Waals surface area contributed by atoms with Crippen molar-refractivity contribution in [2.24, 2.45) is 23.7 Å². The van der Waals surface area contributed by atoms with Gasteiger partial charge in [0.2, 0.25) is 0 Å². The number of hydrogen-bond acceptors (Lipinski definition) is 14. The number of phenolic OH excluding ortho intramolecular Hbond substituents is 3. The molecule has 0 radical (unpaired) electrons. The summed E-state index contributed by atoms with van der Waals surface area (Å²) in [4.78, 5) is 53.7. The van der Waals surface area contributed by atoms with Crippen molar-refractivity contribution in [1.82, 2.24) is 0 Å². The first-order valence-corrected chi connectivity index (χ1v) is 19.8. The number of amides is 2. The van der Waals surface area contributed by atoms with Crippen molar-refractivity contribution in [3.8, 4) is 23.0 Å². The lowest BCUT2D eigenvalue weighted by Gasteiger charge is -2.38. The van der Waals surface area contributed by atoms with E-state index in [1.807, 2.05) is 0 Å². The Labute approximate surface area is 353 Å². The molecule has 9 atom stereocenters. The van der Waals surface area contributed by atoms with Gasteiger partial charge in [0.1, 0.15) is 41.3 Å². The van der Waals surface area contributed by atoms with E-state index in [0.29, 0.717) is 5.56 Å². The summed E-state index contributed by atoms with van der Waals surface area (Å²) in [5.41, 5.74) is -0.749. The lowest BCUT2D eigenvalue weighted by atomic mass is 9.78. The van der Waals surface area contributed by atoms with E-state index < -0.39 is 117 Å². The van der Waals surface area contributed by atoms with Gasteiger partial charge in [0.05, 0.1) is 35.5 Å². The van der Waals surface area contributed by atoms with E-state index in [2.05, 4.69) is 10.6 Å². The van der Waals surface area contributed by atoms with E-state index in [0.717, 1.165) is 6.26 Å². The van der Waals surface area contributed by atoms with Crippen molar-refractivity contribution in [2.45, 2.75) is 92.2 Å². The molecule has 7 N–H and O–H groups in total. The second-order valence-electron chi connectivity index (χ2n) is 15.8. The highest BCUT2D eigenvalue weighted by Crippen LogP contribution is 2.57. The molecule has 16 heteroatoms. The first kappa shape index (κ1) is 46.0. The lowest BCUT2D eigenvalue weighted by Crippen LogP contribution is -2.46. The molecule has 16 nitrogen and oxygen atoms in total. The summed E-state index contributed by atoms with van der Waals surface area (Å²) in [5, 5.41) is 62.2. The number of fused-ring (bicyclic) bond motifs is 14. The normalized spacial score (nSPS) is 29.1. The van der Waals surface area contributed by atoms with Crippen LogP contribution in [0.5, 0.6) is 23.0 Å². The molecule has 61 heavy (non-hydrogen) atoms. The van der Waals surface area contributed by atoms with E-state index in [9.17, 15) is 44.7 Å². The number of aliphatic hydroxyl groups is 2. The first-order chi connectivity index (χ1) is 28.7. The topological polar surface area (TPSA) is 240 Å². The quantitative estimate of drug-likeness (QED) is 0.0824. The van der Waals surface area contributed by atoms with Gasteiger partial charge < -0.3 is 54.5 Å². The molecule has 328 valence electrons. The minimum Gasteiger partial charge on any atom is -0.507 e. The number of Topliss-reactive ketones (excluding diaryl/α,β-unsaturated/α-hetero) is 1. The summed E-state index contributed by atoms with van der Waals surface area (Å²) < 4.78 is 28.8. The molecule has 0 aromatic heterocycles. The Morgan fingerprint density at radius 1 is 0.902 bits per heavy atom. The second-order valence-corrected chi connectivity index (χ2v) is 15.8. The Kier molecular flexibility index (Phi) is 14.1. The number of ketones is 1. The van der Waals surface area contributed by atoms with Gasteiger partial charge in [0, 0.05) is 61.2 Å². The van der Waals surface area contributed by atoms with Crippen LogP contribution in [0.15, 0.2) is 66.5 Å². The number of methoxy groups -OCH3 is 1. The van der Waals surface area contributed by atoms with Crippen molar-refractivity contribution in [1.29, 1.82) is 0 Å². The average molecular weight is 847 g/mol. The number of ether oxygens (including phenoxy) is 5. The van der Waals surface area contributed by atoms with Crippen LogP contribution in [-0.2, 0) is 35.1 Å². The maximum Gasteiger partial charge on any atom is 0.412 e. The van der Waals surface area contributed by atoms with E-state index in [1.165, 1.54) is 53.0 Å². The number of esters is 1. The average Bonchev–Trinajstić information content (AvgIpc) is 3.49. The van der Waals surface area contributed by atoms with E-state index in [1.54, 1.807) is 64.1 Å². The van der Waals surface area contributed by atoms with Gasteiger partial charge in [0.25, 0.3) is 11.7 Å². The van der Waals surface area contributed by atoms with Crippen molar-refractivity contribution < 1.29 is 68.4 Å². The third-order valence-corrected chi connectivity index (χ3v) is 11.4. The van der Waals surface area contributed by atoms with Crippen LogP contribution in [0.3, 0.4) is 0 Å². The van der Waals surface area contributed by atoms with E-state index >= 15 is 0 Å². The summed E-state index contributed by atoms with van der Waals surface area (Å²) >= 11 is 0. The summed E-state index contributed by atoms with van der Waals surface area (Å²) in [6, 6.07) is 8.70. The molecule has 0 saturated heterocycles. The SMILES string of the molecule is CO[C@H]1/C=C/O[C@@]2(C)Oc3c(C)c(O)c4c(O)c(c(NC(=O)OCc5ccccc5)c(O)c4c3C2=O)NC(=O)/C(C)=C\C=C\[C@H](C)[C@H](O)[C@@H](C)[C@@H](O)[C@@H](C)[C@H](OC(C)=O)[C@@H]1C. The van der Waals surface area contributed by atoms with Gasteiger partial charge in [-0.2, -0.15) is 0 Å². The smallest absolute Gasteiger partial charge is 0.412 e. The van der Waals surface area contributed by atoms with Gasteiger partial charge >= 0.3 is 17.8 Å². The number of hydrogen-bond donors (Lipinski definition) is 7. The summed E-state index contributed by atoms with van der Waals surface area (Å²) in [6.45, 7) is 12.0. The number of rotatable bonds is 5. The zero-order valence-electron chi connectivity index (χ0n) is 35.5. The molecule has 3 aliphatic rings. The monoisotopic (exact) mass is 846 g/mol. The van der Waals surface area contributed by atoms with Crippen LogP contribution >= 0.6 is 0 Å². The van der Waals surface area contributed by atoms with Gasteiger partial charge in [-0.3, -0.25) is 19.7 Å². The Balaban J connectivity index is 1.68. The molecule has 0 spiro atoms. The van der Waals surface area contributed by atoms with Crippen molar-refractivity contribution in [2.75, 3.05) is 17.7 Å². The van der Waals surface area contributed by atoms with Crippen LogP contribution in [-0.4, -0.2) is 86.6 Å². The number of aliphatic hydroxyl groups excluding tert-OH is 2. The third-order valence-electron chi connectivity index (χ3n) is 11.4. The van der Waals surface area contributed by atoms with Crippen LogP contribution in [0.2, 0.25) is 0 Å². The number of allylic oxidation sites excluding steroid dienone is 2. The van der Waals surface area contributed by atoms with Crippen LogP contribution < -0.4 is 15.4 Å². The van der Waals surface area contributed by atoms with Gasteiger partial charge in [-0.15, -0.1) is 0 Å². The largest absolute Gasteiger partial charge is 0.507 e. The van der Waals surface area contributed by atoms with Gasteiger partial charge in [-0.1, -0.05) is 76.3 Å². The number of anilines is 2. The highest BCUT2D eigenvalue weighted by atomic mass is 16.7. The van der Waals surface area contributed by atoms with Crippen LogP contribution in [0.25, 0.3) is 10.8 Å². The second kappa shape index (κ2) is 18.7. The van der Waals surface area contributed by atoms with E-state index in [4.69, 9.17) is 23.7 Å². The number of nitrogens with one attached hydrogen (secondary N) is 2. The number of carbonyl (C=O) groups is 4. The number of phenols is 3. The Morgan fingerprint density at radius 2 is 1.57 bits per heavy atom. The molecular weight excluding hydrogens is 792 g/mol. The Morgan fingerprint density at radius 3 is 2.21 bits per heavy atom. The molecule has 0 saturated carbocycles. The minimum atomic E-state index is -2.13. The van der Waals surface area contributed by atoms with Crippen molar-refractivity contribution >= 4 is 45.9 Å². The molecule has 0 aliphatic carbocycles. The number of aromatic hydroxyl groups is 3. The molecular formula is C45H54N2O14. The van der Waals surface area contributed by atoms with Crippen LogP contribution in [0.4, 0.5) is 16.2 Å². The summed E-state index contributed by atoms with van der Waals surface area (Å²) in [6.07, 6.45) is 2.02. The van der Waals surface area contributed by atoms with Crippen LogP contribution in [0.1, 0.15) is 70.0 Å². The minimum absolute atomic E-state index is 0.0282. The summed E-state index contributed by atoms with van der Waals surface area (Å²) in [5.74, 6) is -9.52. The van der Waals surface area contributed by atoms with Crippen molar-refractivity contribution in [3.63, 3.8) is 0 Å². The molecule has 0 fully saturated rings. The van der Waals surface area contributed by atoms with Gasteiger partial charge in [-0.25, -0.2) is 4.79 Å². The molecule has 6 rings (SSSR count). The fraction of sp³-hybridized carbons (Fsp3) is 0.422. The predicted molar refractivity (Wildman–Crippen MR) is 224 cm³/mol. The van der Waals surface area contributed by atoms with E-state index in [-0.39, 0.29) is 29.1 Å². The lowest BCUT2D eigenvalue weighted by molar-refractivity contribution is -0.160. The molecule has 2 amide bonds. The molecule has 5 bridgehead atoms. The standard InChI is InChI=1S/C45H54N2O14/c1-21-14-13-15-22(2)43(55)46-33-34(47-44(56)58-20-28-16-11-10-12-17-28)38(52)30-31(39(33)53)37(51)26(6)41-32(30)42(54)45(8,61-41)59-19-18-29(57-9)23(3)40(60-27(7)48)25(5)36(50)24(4)35(21)49/h10-19,21,23-25,29,35-36,40,49-53H,20H2,1-9H3,(H,46,55)(H,47,56)/b14-13+,19-18+,22-15-/t21-,23+,24+,25+,29-,35-,36+,40+,45-/m0/s1. The highest BCUT2D eigenvalue weighted by Gasteiger charge is 2.50. The fourth-order valence-electron chi connectivity index (χ4n) is 7.71. The highest BCUT2D eigenvalue weighted by molar-refractivity contribution is 6.24. The Hall–Kier alpha value is -6.10. The maximum atomic E-state index is 14.4. The maximum absolute atomic E-state index is 14.4. The predicted octanol–water partition coefficient (Wildman–Crippen LogP) is 6.50. The molecule has 3 aliphatic heterocycles. The van der Waals surface area contributed by atoms with Crippen LogP contribution in [0, 0.1) is 30.6 Å². The molecule has 3 heterocycles. The number of benzene rings is 3. The first-order valence-electron chi connectivity index (χ1n) is 19.8. The van der Waals surface area contributed by atoms with Crippen molar-refractivity contribution in [3.05, 3.63) is 83.2 Å². The molecule has 3 aromatic rings. The zero-order chi connectivity index (χ0) is 45.1. The zero-order valence-corrected chi connectivity index (χ0v) is 35.5. The van der Waals surface area contributed by atoms with Gasteiger partial charge in [0.15, 0.2) is 5.75 Å². The summed E-state index contributed by atoms with van der Waals surface area (Å²) in [7, 11) is 1.41. The molecule has 3 aromatic carbocycles. The Bertz CT molecular complexity index is 2270. The van der Waals surface area contributed by atoms with Gasteiger partial charge in [-0.05, 0) is 25.5 Å². The fourth-order valence-corrected chi connectivity index (χ4v) is 7.71. The molecule has 0 unspecified atom stereocenters. The third kappa shape index (κ3) is 9.31. The number of carbonyl (C=O) groups excluding carboxylic acids is 4.